The molecule has 1 saturated heterocycles. The van der Waals surface area contributed by atoms with Crippen LogP contribution < -0.4 is 9.80 Å². The molecular weight excluding hydrogens is 319 g/mol. The number of anilines is 2. The fraction of sp³-hybridized carbons (Fsp3) is 0.312. The summed E-state index contributed by atoms with van der Waals surface area (Å²) in [5.74, 6) is 1.26. The van der Waals surface area contributed by atoms with E-state index in [1.165, 1.54) is 6.07 Å². The van der Waals surface area contributed by atoms with Crippen LogP contribution in [0.2, 0.25) is 0 Å². The van der Waals surface area contributed by atoms with Crippen LogP contribution in [-0.4, -0.2) is 36.1 Å². The van der Waals surface area contributed by atoms with Crippen molar-refractivity contribution in [3.05, 3.63) is 47.8 Å². The van der Waals surface area contributed by atoms with E-state index >= 15 is 0 Å². The highest BCUT2D eigenvalue weighted by molar-refractivity contribution is 5.46. The first kappa shape index (κ1) is 16.1. The maximum Gasteiger partial charge on any atom is 0.417 e. The molecule has 1 aliphatic rings. The fourth-order valence-electron chi connectivity index (χ4n) is 2.57. The Bertz CT molecular complexity index is 744. The zero-order valence-electron chi connectivity index (χ0n) is 12.7. The normalized spacial score (nSPS) is 15.2. The molecule has 8 heteroatoms. The molecule has 5 nitrogen and oxygen atoms in total. The second-order valence-electron chi connectivity index (χ2n) is 5.37. The lowest BCUT2D eigenvalue weighted by molar-refractivity contribution is -0.137. The van der Waals surface area contributed by atoms with Crippen LogP contribution in [-0.2, 0) is 6.18 Å². The molecule has 0 amide bonds. The summed E-state index contributed by atoms with van der Waals surface area (Å²) in [6.45, 7) is 2.56. The summed E-state index contributed by atoms with van der Waals surface area (Å²) >= 11 is 0. The van der Waals surface area contributed by atoms with Crippen molar-refractivity contribution in [2.75, 3.05) is 36.0 Å². The van der Waals surface area contributed by atoms with Gasteiger partial charge in [0.1, 0.15) is 23.4 Å². The Kier molecular flexibility index (Phi) is 4.25. The second kappa shape index (κ2) is 6.35. The Hall–Kier alpha value is -2.82. The molecule has 3 rings (SSSR count). The molecule has 0 unspecified atom stereocenters. The first-order chi connectivity index (χ1) is 11.5. The predicted octanol–water partition coefficient (Wildman–Crippen LogP) is 2.69. The number of alkyl halides is 3. The zero-order valence-corrected chi connectivity index (χ0v) is 12.7. The van der Waals surface area contributed by atoms with Gasteiger partial charge < -0.3 is 9.80 Å². The minimum atomic E-state index is -4.37. The molecule has 0 saturated carbocycles. The third kappa shape index (κ3) is 3.40. The lowest BCUT2D eigenvalue weighted by atomic mass is 10.2. The first-order valence-corrected chi connectivity index (χ1v) is 7.38. The third-order valence-electron chi connectivity index (χ3n) is 3.85. The van der Waals surface area contributed by atoms with Gasteiger partial charge in [-0.05, 0) is 24.3 Å². The molecule has 2 aromatic rings. The highest BCUT2D eigenvalue weighted by Crippen LogP contribution is 2.29. The average molecular weight is 333 g/mol. The van der Waals surface area contributed by atoms with Gasteiger partial charge in [0.15, 0.2) is 0 Å². The van der Waals surface area contributed by atoms with Crippen LogP contribution in [0, 0.1) is 11.3 Å². The number of hydrogen-bond acceptors (Lipinski definition) is 5. The van der Waals surface area contributed by atoms with Gasteiger partial charge in [-0.1, -0.05) is 6.07 Å². The number of pyridine rings is 2. The van der Waals surface area contributed by atoms with Crippen molar-refractivity contribution in [1.29, 1.82) is 5.26 Å². The lowest BCUT2D eigenvalue weighted by Gasteiger charge is -2.36. The van der Waals surface area contributed by atoms with Crippen molar-refractivity contribution in [2.24, 2.45) is 0 Å². The van der Waals surface area contributed by atoms with Crippen LogP contribution >= 0.6 is 0 Å². The zero-order chi connectivity index (χ0) is 17.2. The molecule has 0 aliphatic carbocycles. The summed E-state index contributed by atoms with van der Waals surface area (Å²) in [4.78, 5) is 12.2. The maximum absolute atomic E-state index is 12.6. The molecule has 0 radical (unpaired) electrons. The highest BCUT2D eigenvalue weighted by Gasteiger charge is 2.31. The van der Waals surface area contributed by atoms with Crippen LogP contribution in [0.5, 0.6) is 0 Å². The van der Waals surface area contributed by atoms with E-state index in [1.54, 1.807) is 12.1 Å². The third-order valence-corrected chi connectivity index (χ3v) is 3.85. The largest absolute Gasteiger partial charge is 0.417 e. The van der Waals surface area contributed by atoms with Crippen molar-refractivity contribution in [3.8, 4) is 6.07 Å². The standard InChI is InChI=1S/C16H14F3N5/c17-16(18,19)12-4-5-14(21-11-12)23-6-8-24(9-7-23)15-3-1-2-13(10-20)22-15/h1-5,11H,6-9H2. The van der Waals surface area contributed by atoms with E-state index in [9.17, 15) is 13.2 Å². The van der Waals surface area contributed by atoms with Gasteiger partial charge in [-0.25, -0.2) is 9.97 Å². The molecule has 0 atom stereocenters. The Morgan fingerprint density at radius 2 is 1.62 bits per heavy atom. The smallest absolute Gasteiger partial charge is 0.353 e. The summed E-state index contributed by atoms with van der Waals surface area (Å²) in [7, 11) is 0. The van der Waals surface area contributed by atoms with Crippen LogP contribution in [0.1, 0.15) is 11.3 Å². The number of nitriles is 1. The van der Waals surface area contributed by atoms with Crippen LogP contribution in [0.25, 0.3) is 0 Å². The van der Waals surface area contributed by atoms with Crippen molar-refractivity contribution in [3.63, 3.8) is 0 Å². The predicted molar refractivity (Wildman–Crippen MR) is 82.6 cm³/mol. The Labute approximate surface area is 137 Å². The monoisotopic (exact) mass is 333 g/mol. The van der Waals surface area contributed by atoms with Crippen LogP contribution in [0.4, 0.5) is 24.8 Å². The van der Waals surface area contributed by atoms with Crippen molar-refractivity contribution in [2.45, 2.75) is 6.18 Å². The van der Waals surface area contributed by atoms with Gasteiger partial charge in [-0.15, -0.1) is 0 Å². The minimum absolute atomic E-state index is 0.360. The topological polar surface area (TPSA) is 56.1 Å². The number of aromatic nitrogens is 2. The molecule has 1 aliphatic heterocycles. The van der Waals surface area contributed by atoms with Crippen LogP contribution in [0.3, 0.4) is 0 Å². The number of halogens is 3. The van der Waals surface area contributed by atoms with Gasteiger partial charge in [0.05, 0.1) is 5.56 Å². The molecular formula is C16H14F3N5. The van der Waals surface area contributed by atoms with Crippen molar-refractivity contribution >= 4 is 11.6 Å². The molecule has 2 aromatic heterocycles. The summed E-state index contributed by atoms with van der Waals surface area (Å²) in [6.07, 6.45) is -3.51. The SMILES string of the molecule is N#Cc1cccc(N2CCN(c3ccc(C(F)(F)F)cn3)CC2)n1. The summed E-state index contributed by atoms with van der Waals surface area (Å²) in [5.41, 5.74) is -0.387. The Balaban J connectivity index is 1.65. The second-order valence-corrected chi connectivity index (χ2v) is 5.37. The van der Waals surface area contributed by atoms with Crippen molar-refractivity contribution < 1.29 is 13.2 Å². The van der Waals surface area contributed by atoms with Gasteiger partial charge in [0, 0.05) is 32.4 Å². The minimum Gasteiger partial charge on any atom is -0.353 e. The number of nitrogens with zero attached hydrogens (tertiary/aromatic N) is 5. The number of hydrogen-bond donors (Lipinski definition) is 0. The molecule has 0 aromatic carbocycles. The van der Waals surface area contributed by atoms with E-state index in [4.69, 9.17) is 5.26 Å². The van der Waals surface area contributed by atoms with E-state index in [0.29, 0.717) is 37.7 Å². The average Bonchev–Trinajstić information content (AvgIpc) is 2.61. The van der Waals surface area contributed by atoms with E-state index in [-0.39, 0.29) is 0 Å². The molecule has 0 N–H and O–H groups in total. The van der Waals surface area contributed by atoms with Gasteiger partial charge >= 0.3 is 6.18 Å². The Morgan fingerprint density at radius 3 is 2.17 bits per heavy atom. The van der Waals surface area contributed by atoms with Gasteiger partial charge in [-0.2, -0.15) is 18.4 Å². The summed E-state index contributed by atoms with van der Waals surface area (Å²) in [5, 5.41) is 8.90. The maximum atomic E-state index is 12.6. The number of piperazine rings is 1. The van der Waals surface area contributed by atoms with E-state index in [2.05, 4.69) is 9.97 Å². The van der Waals surface area contributed by atoms with Crippen LogP contribution in [0.15, 0.2) is 36.5 Å². The first-order valence-electron chi connectivity index (χ1n) is 7.38. The molecule has 1 fully saturated rings. The molecule has 24 heavy (non-hydrogen) atoms. The van der Waals surface area contributed by atoms with Crippen molar-refractivity contribution in [1.82, 2.24) is 9.97 Å². The van der Waals surface area contributed by atoms with E-state index in [0.717, 1.165) is 18.1 Å². The lowest BCUT2D eigenvalue weighted by Crippen LogP contribution is -2.47. The highest BCUT2D eigenvalue weighted by atomic mass is 19.4. The fourth-order valence-corrected chi connectivity index (χ4v) is 2.57. The van der Waals surface area contributed by atoms with E-state index < -0.39 is 11.7 Å². The van der Waals surface area contributed by atoms with Gasteiger partial charge in [-0.3, -0.25) is 0 Å². The molecule has 0 bridgehead atoms. The summed E-state index contributed by atoms with van der Waals surface area (Å²) < 4.78 is 37.7. The molecule has 3 heterocycles. The van der Waals surface area contributed by atoms with Gasteiger partial charge in [0.2, 0.25) is 0 Å². The molecule has 124 valence electrons. The Morgan fingerprint density at radius 1 is 0.958 bits per heavy atom. The van der Waals surface area contributed by atoms with Gasteiger partial charge in [0.25, 0.3) is 0 Å². The summed E-state index contributed by atoms with van der Waals surface area (Å²) in [6, 6.07) is 9.72. The number of rotatable bonds is 2. The van der Waals surface area contributed by atoms with E-state index in [1.807, 2.05) is 21.9 Å². The quantitative estimate of drug-likeness (QED) is 0.846. The molecule has 0 spiro atoms.